The van der Waals surface area contributed by atoms with E-state index in [1.807, 2.05) is 5.38 Å². The Morgan fingerprint density at radius 1 is 1.50 bits per heavy atom. The van der Waals surface area contributed by atoms with Crippen LogP contribution in [0.1, 0.15) is 28.3 Å². The zero-order chi connectivity index (χ0) is 13.1. The number of thiophene rings is 2. The van der Waals surface area contributed by atoms with E-state index in [0.29, 0.717) is 6.54 Å². The summed E-state index contributed by atoms with van der Waals surface area (Å²) in [6.07, 6.45) is 0. The Kier molecular flexibility index (Phi) is 4.11. The number of nitrogens with one attached hydrogen (secondary N) is 1. The quantitative estimate of drug-likeness (QED) is 0.669. The van der Waals surface area contributed by atoms with Crippen LogP contribution in [0.25, 0.3) is 0 Å². The van der Waals surface area contributed by atoms with Crippen molar-refractivity contribution < 1.29 is 4.92 Å². The second-order valence-electron chi connectivity index (χ2n) is 4.10. The van der Waals surface area contributed by atoms with Gasteiger partial charge in [0.15, 0.2) is 0 Å². The van der Waals surface area contributed by atoms with Crippen LogP contribution in [0.5, 0.6) is 0 Å². The lowest BCUT2D eigenvalue weighted by Gasteiger charge is -2.10. The van der Waals surface area contributed by atoms with Gasteiger partial charge in [-0.05, 0) is 31.5 Å². The van der Waals surface area contributed by atoms with Gasteiger partial charge >= 0.3 is 5.00 Å². The molecule has 18 heavy (non-hydrogen) atoms. The summed E-state index contributed by atoms with van der Waals surface area (Å²) >= 11 is 2.95. The molecule has 0 aliphatic heterocycles. The topological polar surface area (TPSA) is 55.2 Å². The van der Waals surface area contributed by atoms with Gasteiger partial charge in [-0.15, -0.1) is 11.3 Å². The van der Waals surface area contributed by atoms with Crippen LogP contribution in [0.3, 0.4) is 0 Å². The highest BCUT2D eigenvalue weighted by Crippen LogP contribution is 2.25. The van der Waals surface area contributed by atoms with Crippen molar-refractivity contribution in [2.45, 2.75) is 26.4 Å². The molecule has 1 unspecified atom stereocenters. The lowest BCUT2D eigenvalue weighted by Crippen LogP contribution is -2.16. The second kappa shape index (κ2) is 5.60. The minimum Gasteiger partial charge on any atom is -0.305 e. The Labute approximate surface area is 113 Å². The Bertz CT molecular complexity index is 548. The maximum Gasteiger partial charge on any atom is 0.324 e. The van der Waals surface area contributed by atoms with Gasteiger partial charge in [-0.1, -0.05) is 11.3 Å². The zero-order valence-electron chi connectivity index (χ0n) is 10.2. The van der Waals surface area contributed by atoms with Crippen LogP contribution in [-0.2, 0) is 6.54 Å². The average Bonchev–Trinajstić information content (AvgIpc) is 2.94. The summed E-state index contributed by atoms with van der Waals surface area (Å²) in [5.74, 6) is 0. The van der Waals surface area contributed by atoms with Crippen molar-refractivity contribution in [3.8, 4) is 0 Å². The maximum atomic E-state index is 10.6. The van der Waals surface area contributed by atoms with Gasteiger partial charge in [-0.3, -0.25) is 10.1 Å². The molecule has 1 atom stereocenters. The Balaban J connectivity index is 1.92. The fourth-order valence-corrected chi connectivity index (χ4v) is 3.24. The molecule has 0 amide bonds. The van der Waals surface area contributed by atoms with Gasteiger partial charge < -0.3 is 5.32 Å². The molecule has 0 fully saturated rings. The molecule has 0 aromatic carbocycles. The minimum atomic E-state index is -0.347. The standard InChI is InChI=1S/C12H14N2O2S2/c1-8-3-4-11(18-8)9(2)13-6-10-5-12(14(15)16)17-7-10/h3-5,7,9,13H,6H2,1-2H3. The van der Waals surface area contributed by atoms with Crippen LogP contribution < -0.4 is 5.32 Å². The van der Waals surface area contributed by atoms with Crippen molar-refractivity contribution >= 4 is 27.7 Å². The third-order valence-electron chi connectivity index (χ3n) is 2.62. The van der Waals surface area contributed by atoms with E-state index in [1.54, 1.807) is 17.4 Å². The van der Waals surface area contributed by atoms with E-state index >= 15 is 0 Å². The van der Waals surface area contributed by atoms with Crippen LogP contribution >= 0.6 is 22.7 Å². The first-order chi connectivity index (χ1) is 8.56. The van der Waals surface area contributed by atoms with Crippen LogP contribution in [0.4, 0.5) is 5.00 Å². The fourth-order valence-electron chi connectivity index (χ4n) is 1.61. The van der Waals surface area contributed by atoms with Gasteiger partial charge in [-0.25, -0.2) is 0 Å². The molecule has 0 spiro atoms. The molecule has 0 saturated carbocycles. The van der Waals surface area contributed by atoms with Gasteiger partial charge in [-0.2, -0.15) is 0 Å². The molecule has 0 radical (unpaired) electrons. The monoisotopic (exact) mass is 282 g/mol. The molecule has 96 valence electrons. The summed E-state index contributed by atoms with van der Waals surface area (Å²) in [7, 11) is 0. The first-order valence-corrected chi connectivity index (χ1v) is 7.27. The predicted molar refractivity (Wildman–Crippen MR) is 75.3 cm³/mol. The predicted octanol–water partition coefficient (Wildman–Crippen LogP) is 3.88. The smallest absolute Gasteiger partial charge is 0.305 e. The largest absolute Gasteiger partial charge is 0.324 e. The normalized spacial score (nSPS) is 12.6. The van der Waals surface area contributed by atoms with E-state index in [2.05, 4.69) is 31.3 Å². The number of aryl methyl sites for hydroxylation is 1. The SMILES string of the molecule is Cc1ccc(C(C)NCc2csc([N+](=O)[O-])c2)s1. The van der Waals surface area contributed by atoms with Crippen molar-refractivity contribution in [3.63, 3.8) is 0 Å². The van der Waals surface area contributed by atoms with E-state index in [1.165, 1.54) is 21.1 Å². The number of hydrogen-bond donors (Lipinski definition) is 1. The second-order valence-corrected chi connectivity index (χ2v) is 6.31. The minimum absolute atomic E-state index is 0.200. The summed E-state index contributed by atoms with van der Waals surface area (Å²) in [5.41, 5.74) is 0.965. The lowest BCUT2D eigenvalue weighted by atomic mass is 10.2. The number of nitrogens with zero attached hydrogens (tertiary/aromatic N) is 1. The first-order valence-electron chi connectivity index (χ1n) is 5.58. The molecule has 0 aliphatic carbocycles. The van der Waals surface area contributed by atoms with Gasteiger partial charge in [0.25, 0.3) is 0 Å². The van der Waals surface area contributed by atoms with Crippen LogP contribution in [-0.4, -0.2) is 4.92 Å². The van der Waals surface area contributed by atoms with Crippen molar-refractivity contribution in [1.29, 1.82) is 0 Å². The molecule has 4 nitrogen and oxygen atoms in total. The summed E-state index contributed by atoms with van der Waals surface area (Å²) in [6, 6.07) is 6.12. The molecule has 1 N–H and O–H groups in total. The summed E-state index contributed by atoms with van der Waals surface area (Å²) in [4.78, 5) is 12.8. The third kappa shape index (κ3) is 3.16. The van der Waals surface area contributed by atoms with Gasteiger partial charge in [0.1, 0.15) is 0 Å². The van der Waals surface area contributed by atoms with Crippen LogP contribution in [0.2, 0.25) is 0 Å². The molecular formula is C12H14N2O2S2. The van der Waals surface area contributed by atoms with Crippen molar-refractivity contribution in [2.24, 2.45) is 0 Å². The highest BCUT2D eigenvalue weighted by Gasteiger charge is 2.11. The first kappa shape index (κ1) is 13.2. The number of rotatable bonds is 5. The average molecular weight is 282 g/mol. The summed E-state index contributed by atoms with van der Waals surface area (Å²) in [6.45, 7) is 4.84. The van der Waals surface area contributed by atoms with E-state index in [9.17, 15) is 10.1 Å². The fraction of sp³-hybridized carbons (Fsp3) is 0.333. The number of nitro groups is 1. The molecule has 2 aromatic rings. The maximum absolute atomic E-state index is 10.6. The van der Waals surface area contributed by atoms with Crippen molar-refractivity contribution in [1.82, 2.24) is 5.32 Å². The Morgan fingerprint density at radius 3 is 2.83 bits per heavy atom. The molecule has 0 saturated heterocycles. The molecular weight excluding hydrogens is 268 g/mol. The molecule has 0 aliphatic rings. The van der Waals surface area contributed by atoms with E-state index in [4.69, 9.17) is 0 Å². The van der Waals surface area contributed by atoms with Gasteiger partial charge in [0, 0.05) is 33.8 Å². The van der Waals surface area contributed by atoms with E-state index in [-0.39, 0.29) is 16.0 Å². The van der Waals surface area contributed by atoms with Crippen LogP contribution in [0, 0.1) is 17.0 Å². The molecule has 2 heterocycles. The Hall–Kier alpha value is -1.24. The van der Waals surface area contributed by atoms with Crippen LogP contribution in [0.15, 0.2) is 23.6 Å². The summed E-state index contributed by atoms with van der Waals surface area (Å²) < 4.78 is 0. The van der Waals surface area contributed by atoms with E-state index < -0.39 is 0 Å². The molecule has 2 aromatic heterocycles. The summed E-state index contributed by atoms with van der Waals surface area (Å²) in [5, 5.41) is 16.0. The Morgan fingerprint density at radius 2 is 2.28 bits per heavy atom. The highest BCUT2D eigenvalue weighted by atomic mass is 32.1. The molecule has 6 heteroatoms. The van der Waals surface area contributed by atoms with Crippen molar-refractivity contribution in [3.05, 3.63) is 49.0 Å². The van der Waals surface area contributed by atoms with Crippen molar-refractivity contribution in [2.75, 3.05) is 0 Å². The van der Waals surface area contributed by atoms with Gasteiger partial charge in [0.05, 0.1) is 4.92 Å². The van der Waals surface area contributed by atoms with E-state index in [0.717, 1.165) is 5.56 Å². The van der Waals surface area contributed by atoms with Gasteiger partial charge in [0.2, 0.25) is 0 Å². The number of hydrogen-bond acceptors (Lipinski definition) is 5. The third-order valence-corrected chi connectivity index (χ3v) is 4.73. The molecule has 0 bridgehead atoms. The molecule has 2 rings (SSSR count). The zero-order valence-corrected chi connectivity index (χ0v) is 11.8. The highest BCUT2D eigenvalue weighted by molar-refractivity contribution is 7.13. The lowest BCUT2D eigenvalue weighted by molar-refractivity contribution is -0.380.